The van der Waals surface area contributed by atoms with Gasteiger partial charge in [0.2, 0.25) is 16.0 Å². The number of benzene rings is 1. The molecule has 11 nitrogen and oxygen atoms in total. The molecule has 1 aromatic heterocycles. The van der Waals surface area contributed by atoms with Gasteiger partial charge >= 0.3 is 0 Å². The second kappa shape index (κ2) is 12.0. The number of anilines is 3. The molecule has 3 rings (SSSR count). The van der Waals surface area contributed by atoms with Gasteiger partial charge in [-0.1, -0.05) is 11.6 Å². The van der Waals surface area contributed by atoms with E-state index in [-0.39, 0.29) is 40.1 Å². The number of rotatable bonds is 11. The molecule has 36 heavy (non-hydrogen) atoms. The number of hydrogen-bond acceptors (Lipinski definition) is 9. The third-order valence-corrected chi connectivity index (χ3v) is 7.57. The van der Waals surface area contributed by atoms with Crippen molar-refractivity contribution in [3.63, 3.8) is 0 Å². The summed E-state index contributed by atoms with van der Waals surface area (Å²) >= 11 is 6.31. The Kier molecular flexibility index (Phi) is 9.28. The molecule has 1 fully saturated rings. The molecule has 1 aromatic carbocycles. The first-order valence-corrected chi connectivity index (χ1v) is 13.6. The van der Waals surface area contributed by atoms with Gasteiger partial charge in [0.15, 0.2) is 5.82 Å². The van der Waals surface area contributed by atoms with E-state index in [1.165, 1.54) is 29.9 Å². The van der Waals surface area contributed by atoms with Crippen molar-refractivity contribution < 1.29 is 22.3 Å². The van der Waals surface area contributed by atoms with Gasteiger partial charge in [-0.3, -0.25) is 4.79 Å². The van der Waals surface area contributed by atoms with E-state index < -0.39 is 21.7 Å². The molecule has 0 aliphatic heterocycles. The largest absolute Gasteiger partial charge is 0.495 e. The van der Waals surface area contributed by atoms with Crippen molar-refractivity contribution in [1.29, 1.82) is 0 Å². The summed E-state index contributed by atoms with van der Waals surface area (Å²) in [5, 5.41) is 11.9. The minimum atomic E-state index is -3.36. The number of aromatic nitrogens is 2. The smallest absolute Gasteiger partial charge is 0.254 e. The third-order valence-electron chi connectivity index (χ3n) is 5.98. The molecular formula is C22H31ClFN7O4S. The summed E-state index contributed by atoms with van der Waals surface area (Å²) in [6, 6.07) is 1.98. The van der Waals surface area contributed by atoms with Gasteiger partial charge in [-0.2, -0.15) is 4.98 Å². The van der Waals surface area contributed by atoms with Gasteiger partial charge in [0, 0.05) is 38.3 Å². The SMILES string of the molecule is CNCCNC(=O)c1cc(OC)c(Nc2ncc(Cl)c(N[C@@H]3CCC[C@H]3N(C)S(C)(=O)=O)n2)cc1F. The molecule has 1 heterocycles. The number of amides is 1. The highest BCUT2D eigenvalue weighted by Crippen LogP contribution is 2.32. The Bertz CT molecular complexity index is 1200. The minimum Gasteiger partial charge on any atom is -0.495 e. The van der Waals surface area contributed by atoms with Gasteiger partial charge < -0.3 is 26.0 Å². The fourth-order valence-electron chi connectivity index (χ4n) is 4.00. The van der Waals surface area contributed by atoms with E-state index in [0.29, 0.717) is 25.3 Å². The van der Waals surface area contributed by atoms with Crippen LogP contribution in [0.2, 0.25) is 5.02 Å². The topological polar surface area (TPSA) is 138 Å². The van der Waals surface area contributed by atoms with Gasteiger partial charge in [0.05, 0.1) is 30.8 Å². The molecule has 4 N–H and O–H groups in total. The fourth-order valence-corrected chi connectivity index (χ4v) is 4.89. The Balaban J connectivity index is 1.80. The van der Waals surface area contributed by atoms with Crippen LogP contribution in [0.4, 0.5) is 21.8 Å². The summed E-state index contributed by atoms with van der Waals surface area (Å²) in [6.07, 6.45) is 4.86. The second-order valence-corrected chi connectivity index (χ2v) is 10.9. The number of nitrogens with one attached hydrogen (secondary N) is 4. The lowest BCUT2D eigenvalue weighted by Gasteiger charge is -2.28. The molecule has 1 amide bonds. The standard InChI is InChI=1S/C22H31ClFN7O4S/c1-25-8-9-26-21(32)13-10-19(35-3)17(11-15(13)24)29-22-27-12-14(23)20(30-22)28-16-6-5-7-18(16)31(2)36(4,33)34/h10-12,16,18,25H,5-9H2,1-4H3,(H,26,32)(H2,27,28,29,30)/t16-,18-/m1/s1. The summed E-state index contributed by atoms with van der Waals surface area (Å²) in [5.74, 6) is -0.671. The lowest BCUT2D eigenvalue weighted by atomic mass is 10.1. The van der Waals surface area contributed by atoms with Crippen molar-refractivity contribution in [2.24, 2.45) is 0 Å². The van der Waals surface area contributed by atoms with Crippen LogP contribution in [0.15, 0.2) is 18.3 Å². The normalized spacial score (nSPS) is 17.8. The van der Waals surface area contributed by atoms with Crippen LogP contribution in [0.25, 0.3) is 0 Å². The number of hydrogen-bond donors (Lipinski definition) is 4. The highest BCUT2D eigenvalue weighted by molar-refractivity contribution is 7.88. The van der Waals surface area contributed by atoms with Crippen molar-refractivity contribution in [2.45, 2.75) is 31.3 Å². The number of methoxy groups -OCH3 is 1. The summed E-state index contributed by atoms with van der Waals surface area (Å²) in [7, 11) is 1.34. The zero-order chi connectivity index (χ0) is 26.5. The molecule has 198 valence electrons. The van der Waals surface area contributed by atoms with Crippen LogP contribution in [-0.2, 0) is 10.0 Å². The maximum atomic E-state index is 14.8. The lowest BCUT2D eigenvalue weighted by Crippen LogP contribution is -2.44. The van der Waals surface area contributed by atoms with Crippen LogP contribution < -0.4 is 26.0 Å². The van der Waals surface area contributed by atoms with Gasteiger partial charge in [-0.25, -0.2) is 22.1 Å². The van der Waals surface area contributed by atoms with Crippen molar-refractivity contribution >= 4 is 45.0 Å². The fraction of sp³-hybridized carbons (Fsp3) is 0.500. The van der Waals surface area contributed by atoms with Gasteiger partial charge in [0.25, 0.3) is 5.91 Å². The Morgan fingerprint density at radius 2 is 2.06 bits per heavy atom. The van der Waals surface area contributed by atoms with E-state index in [0.717, 1.165) is 18.9 Å². The van der Waals surface area contributed by atoms with Crippen LogP contribution in [0, 0.1) is 5.82 Å². The first-order chi connectivity index (χ1) is 17.0. The average molecular weight is 544 g/mol. The summed E-state index contributed by atoms with van der Waals surface area (Å²) in [4.78, 5) is 20.9. The molecular weight excluding hydrogens is 513 g/mol. The van der Waals surface area contributed by atoms with E-state index in [4.69, 9.17) is 16.3 Å². The van der Waals surface area contributed by atoms with E-state index >= 15 is 0 Å². The van der Waals surface area contributed by atoms with Crippen molar-refractivity contribution in [1.82, 2.24) is 24.9 Å². The molecule has 0 spiro atoms. The van der Waals surface area contributed by atoms with Crippen LogP contribution in [0.3, 0.4) is 0 Å². The highest BCUT2D eigenvalue weighted by atomic mass is 35.5. The second-order valence-electron chi connectivity index (χ2n) is 8.44. The summed E-state index contributed by atoms with van der Waals surface area (Å²) < 4.78 is 45.5. The Morgan fingerprint density at radius 1 is 1.31 bits per heavy atom. The van der Waals surface area contributed by atoms with E-state index in [1.54, 1.807) is 14.1 Å². The van der Waals surface area contributed by atoms with Gasteiger partial charge in [0.1, 0.15) is 16.6 Å². The highest BCUT2D eigenvalue weighted by Gasteiger charge is 2.35. The number of sulfonamides is 1. The Hall–Kier alpha value is -2.74. The summed E-state index contributed by atoms with van der Waals surface area (Å²) in [6.45, 7) is 0.883. The molecule has 2 atom stereocenters. The first-order valence-electron chi connectivity index (χ1n) is 11.3. The zero-order valence-electron chi connectivity index (χ0n) is 20.6. The molecule has 1 aliphatic carbocycles. The third kappa shape index (κ3) is 6.72. The molecule has 2 aromatic rings. The minimum absolute atomic E-state index is 0.108. The van der Waals surface area contributed by atoms with Crippen molar-refractivity contribution in [2.75, 3.05) is 51.2 Å². The quantitative estimate of drug-likeness (QED) is 0.314. The molecule has 1 saturated carbocycles. The maximum absolute atomic E-state index is 14.8. The molecule has 0 unspecified atom stereocenters. The molecule has 0 bridgehead atoms. The first kappa shape index (κ1) is 27.8. The van der Waals surface area contributed by atoms with Crippen molar-refractivity contribution in [3.8, 4) is 5.75 Å². The van der Waals surface area contributed by atoms with Crippen LogP contribution in [-0.4, -0.2) is 81.2 Å². The van der Waals surface area contributed by atoms with E-state index in [2.05, 4.69) is 31.2 Å². The molecule has 14 heteroatoms. The molecule has 0 saturated heterocycles. The number of carbonyl (C=O) groups is 1. The van der Waals surface area contributed by atoms with Gasteiger partial charge in [-0.15, -0.1) is 0 Å². The maximum Gasteiger partial charge on any atom is 0.254 e. The number of carbonyl (C=O) groups excluding carboxylic acids is 1. The Morgan fingerprint density at radius 3 is 2.72 bits per heavy atom. The van der Waals surface area contributed by atoms with Crippen LogP contribution in [0.5, 0.6) is 5.75 Å². The van der Waals surface area contributed by atoms with Gasteiger partial charge in [-0.05, 0) is 32.4 Å². The summed E-state index contributed by atoms with van der Waals surface area (Å²) in [5.41, 5.74) is 0.0563. The average Bonchev–Trinajstić information content (AvgIpc) is 3.28. The van der Waals surface area contributed by atoms with Crippen LogP contribution >= 0.6 is 11.6 Å². The number of likely N-dealkylation sites (N-methyl/N-ethyl adjacent to an activating group) is 2. The molecule has 1 aliphatic rings. The Labute approximate surface area is 215 Å². The predicted molar refractivity (Wildman–Crippen MR) is 137 cm³/mol. The lowest BCUT2D eigenvalue weighted by molar-refractivity contribution is 0.0949. The number of nitrogens with zero attached hydrogens (tertiary/aromatic N) is 3. The monoisotopic (exact) mass is 543 g/mol. The number of halogens is 2. The van der Waals surface area contributed by atoms with E-state index in [1.807, 2.05) is 0 Å². The number of ether oxygens (including phenoxy) is 1. The van der Waals surface area contributed by atoms with E-state index in [9.17, 15) is 17.6 Å². The predicted octanol–water partition coefficient (Wildman–Crippen LogP) is 2.19. The molecule has 0 radical (unpaired) electrons. The van der Waals surface area contributed by atoms with Crippen LogP contribution in [0.1, 0.15) is 29.6 Å². The zero-order valence-corrected chi connectivity index (χ0v) is 22.1. The van der Waals surface area contributed by atoms with Crippen molar-refractivity contribution in [3.05, 3.63) is 34.7 Å².